The van der Waals surface area contributed by atoms with Crippen molar-refractivity contribution in [1.29, 1.82) is 0 Å². The molecule has 1 amide bonds. The van der Waals surface area contributed by atoms with E-state index in [2.05, 4.69) is 24.1 Å². The zero-order valence-electron chi connectivity index (χ0n) is 15.2. The number of para-hydroxylation sites is 1. The van der Waals surface area contributed by atoms with Crippen LogP contribution in [0.25, 0.3) is 0 Å². The van der Waals surface area contributed by atoms with Crippen LogP contribution >= 0.6 is 0 Å². The van der Waals surface area contributed by atoms with Crippen molar-refractivity contribution in [3.8, 4) is 0 Å². The van der Waals surface area contributed by atoms with Gasteiger partial charge < -0.3 is 10.1 Å². The van der Waals surface area contributed by atoms with Crippen LogP contribution in [0.2, 0.25) is 0 Å². The summed E-state index contributed by atoms with van der Waals surface area (Å²) >= 11 is 0. The second kappa shape index (κ2) is 9.22. The molecular formula is C19H27N3O3. The van der Waals surface area contributed by atoms with Gasteiger partial charge in [0, 0.05) is 23.5 Å². The maximum atomic E-state index is 12.7. The largest absolute Gasteiger partial charge is 0.450 e. The highest BCUT2D eigenvalue weighted by Gasteiger charge is 2.30. The number of hydrogen-bond acceptors (Lipinski definition) is 5. The van der Waals surface area contributed by atoms with Crippen LogP contribution in [0.15, 0.2) is 41.6 Å². The Hall–Kier alpha value is -2.34. The van der Waals surface area contributed by atoms with E-state index in [-0.39, 0.29) is 12.3 Å². The van der Waals surface area contributed by atoms with Crippen LogP contribution in [0.1, 0.15) is 20.8 Å². The van der Waals surface area contributed by atoms with Gasteiger partial charge in [-0.3, -0.25) is 14.6 Å². The van der Waals surface area contributed by atoms with Crippen LogP contribution < -0.4 is 5.32 Å². The predicted octanol–water partition coefficient (Wildman–Crippen LogP) is 2.74. The van der Waals surface area contributed by atoms with Gasteiger partial charge in [0.15, 0.2) is 5.78 Å². The molecule has 0 unspecified atom stereocenters. The van der Waals surface area contributed by atoms with Crippen LogP contribution in [-0.2, 0) is 9.53 Å². The van der Waals surface area contributed by atoms with E-state index in [9.17, 15) is 9.59 Å². The second-order valence-electron chi connectivity index (χ2n) is 5.89. The van der Waals surface area contributed by atoms with Gasteiger partial charge in [-0.2, -0.15) is 0 Å². The Kier molecular flexibility index (Phi) is 7.01. The number of nitrogens with one attached hydrogen (secondary N) is 1. The molecular weight excluding hydrogens is 318 g/mol. The SMILES string of the molecule is CCOC(=O)N1CC(=O)C(CN(CC)CC)=C(Nc2ccccc2)C1. The van der Waals surface area contributed by atoms with Crippen molar-refractivity contribution in [2.45, 2.75) is 20.8 Å². The molecule has 0 aliphatic carbocycles. The van der Waals surface area contributed by atoms with Gasteiger partial charge in [-0.05, 0) is 32.1 Å². The normalized spacial score (nSPS) is 14.9. The lowest BCUT2D eigenvalue weighted by Crippen LogP contribution is -2.45. The smallest absolute Gasteiger partial charge is 0.410 e. The van der Waals surface area contributed by atoms with Gasteiger partial charge >= 0.3 is 6.09 Å². The quantitative estimate of drug-likeness (QED) is 0.823. The van der Waals surface area contributed by atoms with E-state index in [1.54, 1.807) is 6.92 Å². The molecule has 0 saturated carbocycles. The van der Waals surface area contributed by atoms with Crippen LogP contribution in [0, 0.1) is 0 Å². The van der Waals surface area contributed by atoms with Gasteiger partial charge in [0.05, 0.1) is 19.7 Å². The number of ether oxygens (including phenoxy) is 1. The number of ketones is 1. The topological polar surface area (TPSA) is 61.9 Å². The number of carbonyl (C=O) groups is 2. The number of rotatable bonds is 7. The van der Waals surface area contributed by atoms with Crippen molar-refractivity contribution in [3.05, 3.63) is 41.6 Å². The molecule has 0 bridgehead atoms. The molecule has 1 aromatic carbocycles. The van der Waals surface area contributed by atoms with E-state index < -0.39 is 6.09 Å². The lowest BCUT2D eigenvalue weighted by atomic mass is 10.0. The lowest BCUT2D eigenvalue weighted by molar-refractivity contribution is -0.117. The monoisotopic (exact) mass is 345 g/mol. The summed E-state index contributed by atoms with van der Waals surface area (Å²) in [5.41, 5.74) is 2.41. The molecule has 0 aromatic heterocycles. The summed E-state index contributed by atoms with van der Waals surface area (Å²) in [6.45, 7) is 8.93. The first-order chi connectivity index (χ1) is 12.1. The van der Waals surface area contributed by atoms with E-state index in [0.29, 0.717) is 19.7 Å². The molecule has 1 aliphatic heterocycles. The molecule has 1 heterocycles. The molecule has 1 N–H and O–H groups in total. The summed E-state index contributed by atoms with van der Waals surface area (Å²) in [7, 11) is 0. The Labute approximate surface area is 149 Å². The fraction of sp³-hybridized carbons (Fsp3) is 0.474. The molecule has 0 radical (unpaired) electrons. The first-order valence-electron chi connectivity index (χ1n) is 8.80. The van der Waals surface area contributed by atoms with Crippen LogP contribution in [0.4, 0.5) is 10.5 Å². The average Bonchev–Trinajstić information content (AvgIpc) is 2.62. The summed E-state index contributed by atoms with van der Waals surface area (Å²) in [5, 5.41) is 3.32. The van der Waals surface area contributed by atoms with Gasteiger partial charge in [0.25, 0.3) is 0 Å². The molecule has 25 heavy (non-hydrogen) atoms. The number of anilines is 1. The summed E-state index contributed by atoms with van der Waals surface area (Å²) in [4.78, 5) is 28.4. The van der Waals surface area contributed by atoms with Crippen molar-refractivity contribution in [2.24, 2.45) is 0 Å². The molecule has 0 fully saturated rings. The van der Waals surface area contributed by atoms with E-state index >= 15 is 0 Å². The Morgan fingerprint density at radius 2 is 1.84 bits per heavy atom. The predicted molar refractivity (Wildman–Crippen MR) is 98.5 cm³/mol. The molecule has 1 aromatic rings. The zero-order chi connectivity index (χ0) is 18.2. The van der Waals surface area contributed by atoms with E-state index in [1.165, 1.54) is 4.90 Å². The molecule has 2 rings (SSSR count). The van der Waals surface area contributed by atoms with Gasteiger partial charge in [-0.15, -0.1) is 0 Å². The summed E-state index contributed by atoms with van der Waals surface area (Å²) < 4.78 is 5.06. The zero-order valence-corrected chi connectivity index (χ0v) is 15.2. The minimum absolute atomic E-state index is 0.0374. The summed E-state index contributed by atoms with van der Waals surface area (Å²) in [6.07, 6.45) is -0.454. The number of amides is 1. The van der Waals surface area contributed by atoms with Gasteiger partial charge in [0.2, 0.25) is 0 Å². The van der Waals surface area contributed by atoms with Crippen molar-refractivity contribution in [3.63, 3.8) is 0 Å². The minimum atomic E-state index is -0.454. The number of likely N-dealkylation sites (N-methyl/N-ethyl adjacent to an activating group) is 1. The summed E-state index contributed by atoms with van der Waals surface area (Å²) in [6, 6.07) is 9.68. The molecule has 0 spiro atoms. The van der Waals surface area contributed by atoms with E-state index in [1.807, 2.05) is 30.3 Å². The third-order valence-electron chi connectivity index (χ3n) is 4.26. The number of nitrogens with zero attached hydrogens (tertiary/aromatic N) is 2. The Balaban J connectivity index is 2.29. The van der Waals surface area contributed by atoms with Gasteiger partial charge in [-0.1, -0.05) is 32.0 Å². The first kappa shape index (κ1) is 19.0. The number of hydrogen-bond donors (Lipinski definition) is 1. The molecule has 136 valence electrons. The first-order valence-corrected chi connectivity index (χ1v) is 8.80. The molecule has 6 nitrogen and oxygen atoms in total. The molecule has 0 atom stereocenters. The van der Waals surface area contributed by atoms with E-state index in [4.69, 9.17) is 4.74 Å². The van der Waals surface area contributed by atoms with E-state index in [0.717, 1.165) is 30.0 Å². The number of benzene rings is 1. The maximum absolute atomic E-state index is 12.7. The van der Waals surface area contributed by atoms with Crippen molar-refractivity contribution in [2.75, 3.05) is 44.6 Å². The minimum Gasteiger partial charge on any atom is -0.450 e. The number of Topliss-reactive ketones (excluding diaryl/α,β-unsaturated/α-hetero) is 1. The van der Waals surface area contributed by atoms with Crippen LogP contribution in [0.5, 0.6) is 0 Å². The molecule has 1 aliphatic rings. The maximum Gasteiger partial charge on any atom is 0.410 e. The third-order valence-corrected chi connectivity index (χ3v) is 4.26. The molecule has 6 heteroatoms. The highest BCUT2D eigenvalue weighted by molar-refractivity contribution is 6.01. The summed E-state index contributed by atoms with van der Waals surface area (Å²) in [5.74, 6) is -0.0374. The Morgan fingerprint density at radius 1 is 1.16 bits per heavy atom. The standard InChI is InChI=1S/C19H27N3O3/c1-4-21(5-2)12-16-17(20-15-10-8-7-9-11-15)13-22(14-18(16)23)19(24)25-6-3/h7-11,20H,4-6,12-14H2,1-3H3. The Bertz CT molecular complexity index is 624. The van der Waals surface area contributed by atoms with Gasteiger partial charge in [0.1, 0.15) is 0 Å². The Morgan fingerprint density at radius 3 is 2.44 bits per heavy atom. The highest BCUT2D eigenvalue weighted by atomic mass is 16.6. The van der Waals surface area contributed by atoms with Gasteiger partial charge in [-0.25, -0.2) is 4.79 Å². The van der Waals surface area contributed by atoms with Crippen LogP contribution in [-0.4, -0.2) is 61.0 Å². The molecule has 0 saturated heterocycles. The second-order valence-corrected chi connectivity index (χ2v) is 5.89. The fourth-order valence-electron chi connectivity index (χ4n) is 2.79. The fourth-order valence-corrected chi connectivity index (χ4v) is 2.79. The van der Waals surface area contributed by atoms with Crippen molar-refractivity contribution >= 4 is 17.6 Å². The lowest BCUT2D eigenvalue weighted by Gasteiger charge is -2.31. The third kappa shape index (κ3) is 5.06. The number of carbonyl (C=O) groups excluding carboxylic acids is 2. The van der Waals surface area contributed by atoms with Crippen molar-refractivity contribution < 1.29 is 14.3 Å². The highest BCUT2D eigenvalue weighted by Crippen LogP contribution is 2.20. The van der Waals surface area contributed by atoms with Crippen molar-refractivity contribution in [1.82, 2.24) is 9.80 Å². The average molecular weight is 345 g/mol. The van der Waals surface area contributed by atoms with Crippen LogP contribution in [0.3, 0.4) is 0 Å².